The normalized spacial score (nSPS) is 15.8. The minimum Gasteiger partial charge on any atom is -0.462 e. The van der Waals surface area contributed by atoms with Gasteiger partial charge in [0.15, 0.2) is 0 Å². The first-order chi connectivity index (χ1) is 5.70. The van der Waals surface area contributed by atoms with Gasteiger partial charge in [0.1, 0.15) is 0 Å². The van der Waals surface area contributed by atoms with E-state index in [1.54, 1.807) is 6.92 Å². The van der Waals surface area contributed by atoms with E-state index < -0.39 is 0 Å². The highest BCUT2D eigenvalue weighted by molar-refractivity contribution is 5.86. The lowest BCUT2D eigenvalue weighted by atomic mass is 10.3. The topological polar surface area (TPSA) is 29.3 Å². The minimum absolute atomic E-state index is 0.277. The van der Waals surface area contributed by atoms with Crippen molar-refractivity contribution in [2.75, 3.05) is 26.2 Å². The molecule has 1 aliphatic rings. The summed E-state index contributed by atoms with van der Waals surface area (Å²) in [5.74, 6) is -0.277. The Morgan fingerprint density at radius 1 is 1.58 bits per heavy atom. The first-order valence-electron chi connectivity index (χ1n) is 4.25. The van der Waals surface area contributed by atoms with Crippen LogP contribution < -0.4 is 0 Å². The van der Waals surface area contributed by atoms with E-state index in [9.17, 15) is 4.79 Å². The van der Waals surface area contributed by atoms with Gasteiger partial charge in [0.2, 0.25) is 0 Å². The van der Waals surface area contributed by atoms with Crippen molar-refractivity contribution >= 4 is 5.97 Å². The molecule has 68 valence electrons. The fraction of sp³-hybridized carbons (Fsp3) is 0.667. The quantitative estimate of drug-likeness (QED) is 0.264. The third-order valence-corrected chi connectivity index (χ3v) is 1.74. The molecule has 1 aliphatic heterocycles. The molecule has 0 aromatic heterocycles. The summed E-state index contributed by atoms with van der Waals surface area (Å²) in [6.45, 7) is 9.12. The fourth-order valence-corrected chi connectivity index (χ4v) is 0.871. The molecule has 0 radical (unpaired) electrons. The van der Waals surface area contributed by atoms with Crippen LogP contribution in [0.4, 0.5) is 0 Å². The van der Waals surface area contributed by atoms with Gasteiger partial charge in [0.05, 0.1) is 6.61 Å². The number of carbonyl (C=O) groups excluding carboxylic acids is 1. The molecule has 1 rings (SSSR count). The van der Waals surface area contributed by atoms with Gasteiger partial charge in [-0.05, 0) is 13.3 Å². The minimum atomic E-state index is -0.277. The summed E-state index contributed by atoms with van der Waals surface area (Å²) in [5, 5.41) is 0. The van der Waals surface area contributed by atoms with E-state index in [4.69, 9.17) is 4.74 Å². The summed E-state index contributed by atoms with van der Waals surface area (Å²) in [6, 6.07) is 0. The van der Waals surface area contributed by atoms with Crippen molar-refractivity contribution in [3.05, 3.63) is 12.2 Å². The summed E-state index contributed by atoms with van der Waals surface area (Å²) in [5.41, 5.74) is 0.474. The molecule has 1 saturated heterocycles. The van der Waals surface area contributed by atoms with Crippen LogP contribution in [0.1, 0.15) is 13.3 Å². The Morgan fingerprint density at radius 3 is 2.75 bits per heavy atom. The maximum atomic E-state index is 10.9. The first kappa shape index (κ1) is 9.26. The fourth-order valence-electron chi connectivity index (χ4n) is 0.871. The Kier molecular flexibility index (Phi) is 3.29. The number of nitrogens with zero attached hydrogens (tertiary/aromatic N) is 1. The Hall–Kier alpha value is -0.830. The van der Waals surface area contributed by atoms with Gasteiger partial charge in [-0.3, -0.25) is 0 Å². The van der Waals surface area contributed by atoms with Crippen molar-refractivity contribution < 1.29 is 9.53 Å². The van der Waals surface area contributed by atoms with Crippen LogP contribution >= 0.6 is 0 Å². The Morgan fingerprint density at radius 2 is 2.25 bits per heavy atom. The second-order valence-electron chi connectivity index (χ2n) is 3.11. The molecule has 0 aromatic rings. The van der Waals surface area contributed by atoms with Gasteiger partial charge in [-0.25, -0.2) is 4.79 Å². The maximum Gasteiger partial charge on any atom is 0.333 e. The van der Waals surface area contributed by atoms with E-state index in [0.717, 1.165) is 13.0 Å². The van der Waals surface area contributed by atoms with Crippen LogP contribution in [0.5, 0.6) is 0 Å². The molecule has 0 N–H and O–H groups in total. The average Bonchev–Trinajstić information content (AvgIpc) is 2.80. The number of carbonyl (C=O) groups is 1. The van der Waals surface area contributed by atoms with E-state index in [0.29, 0.717) is 12.2 Å². The van der Waals surface area contributed by atoms with Gasteiger partial charge < -0.3 is 9.64 Å². The largest absolute Gasteiger partial charge is 0.462 e. The molecule has 0 aromatic carbocycles. The van der Waals surface area contributed by atoms with E-state index in [1.807, 2.05) is 0 Å². The molecule has 0 saturated carbocycles. The van der Waals surface area contributed by atoms with Gasteiger partial charge in [-0.15, -0.1) is 0 Å². The van der Waals surface area contributed by atoms with E-state index in [2.05, 4.69) is 11.5 Å². The lowest BCUT2D eigenvalue weighted by Gasteiger charge is -2.03. The van der Waals surface area contributed by atoms with Gasteiger partial charge >= 0.3 is 5.97 Å². The standard InChI is InChI=1S/C9H15NO2/c1-8(2)9(11)12-7-3-4-10-5-6-10/h1,3-7H2,2H3. The van der Waals surface area contributed by atoms with Gasteiger partial charge in [-0.1, -0.05) is 6.58 Å². The highest BCUT2D eigenvalue weighted by Gasteiger charge is 2.15. The Labute approximate surface area is 73.0 Å². The molecule has 0 bridgehead atoms. The van der Waals surface area contributed by atoms with E-state index in [-0.39, 0.29) is 5.97 Å². The zero-order valence-corrected chi connectivity index (χ0v) is 7.51. The molecule has 1 heterocycles. The predicted molar refractivity (Wildman–Crippen MR) is 46.8 cm³/mol. The van der Waals surface area contributed by atoms with Gasteiger partial charge in [0.25, 0.3) is 0 Å². The van der Waals surface area contributed by atoms with E-state index >= 15 is 0 Å². The van der Waals surface area contributed by atoms with Crippen LogP contribution in [-0.4, -0.2) is 37.1 Å². The summed E-state index contributed by atoms with van der Waals surface area (Å²) >= 11 is 0. The molecule has 3 heteroatoms. The van der Waals surface area contributed by atoms with Crippen molar-refractivity contribution in [3.8, 4) is 0 Å². The zero-order valence-electron chi connectivity index (χ0n) is 7.51. The summed E-state index contributed by atoms with van der Waals surface area (Å²) < 4.78 is 4.92. The molecule has 0 spiro atoms. The number of hydrogen-bond acceptors (Lipinski definition) is 3. The highest BCUT2D eigenvalue weighted by atomic mass is 16.5. The smallest absolute Gasteiger partial charge is 0.333 e. The molecule has 0 unspecified atom stereocenters. The monoisotopic (exact) mass is 169 g/mol. The van der Waals surface area contributed by atoms with E-state index in [1.165, 1.54) is 13.1 Å². The third-order valence-electron chi connectivity index (χ3n) is 1.74. The van der Waals surface area contributed by atoms with Crippen molar-refractivity contribution in [1.29, 1.82) is 0 Å². The molecular weight excluding hydrogens is 154 g/mol. The molecular formula is C9H15NO2. The number of rotatable bonds is 5. The van der Waals surface area contributed by atoms with Crippen molar-refractivity contribution in [3.63, 3.8) is 0 Å². The molecule has 0 atom stereocenters. The average molecular weight is 169 g/mol. The number of esters is 1. The van der Waals surface area contributed by atoms with Crippen LogP contribution in [-0.2, 0) is 9.53 Å². The Bertz CT molecular complexity index is 185. The van der Waals surface area contributed by atoms with Crippen molar-refractivity contribution in [2.45, 2.75) is 13.3 Å². The SMILES string of the molecule is C=C(C)C(=O)OCCCN1CC1. The van der Waals surface area contributed by atoms with Crippen LogP contribution in [0.2, 0.25) is 0 Å². The van der Waals surface area contributed by atoms with Gasteiger partial charge in [-0.2, -0.15) is 0 Å². The van der Waals surface area contributed by atoms with Crippen molar-refractivity contribution in [2.24, 2.45) is 0 Å². The molecule has 12 heavy (non-hydrogen) atoms. The van der Waals surface area contributed by atoms with Crippen LogP contribution in [0.3, 0.4) is 0 Å². The van der Waals surface area contributed by atoms with Crippen LogP contribution in [0.15, 0.2) is 12.2 Å². The first-order valence-corrected chi connectivity index (χ1v) is 4.25. The second kappa shape index (κ2) is 4.26. The third kappa shape index (κ3) is 3.53. The highest BCUT2D eigenvalue weighted by Crippen LogP contribution is 2.03. The molecule has 0 aliphatic carbocycles. The second-order valence-corrected chi connectivity index (χ2v) is 3.11. The lowest BCUT2D eigenvalue weighted by molar-refractivity contribution is -0.139. The molecule has 3 nitrogen and oxygen atoms in total. The van der Waals surface area contributed by atoms with Crippen LogP contribution in [0, 0.1) is 0 Å². The lowest BCUT2D eigenvalue weighted by Crippen LogP contribution is -2.09. The summed E-state index contributed by atoms with van der Waals surface area (Å²) in [7, 11) is 0. The maximum absolute atomic E-state index is 10.9. The number of hydrogen-bond donors (Lipinski definition) is 0. The predicted octanol–water partition coefficient (Wildman–Crippen LogP) is 0.811. The summed E-state index contributed by atoms with van der Waals surface area (Å²) in [6.07, 6.45) is 0.930. The molecule has 0 amide bonds. The van der Waals surface area contributed by atoms with Crippen LogP contribution in [0.25, 0.3) is 0 Å². The van der Waals surface area contributed by atoms with Crippen molar-refractivity contribution in [1.82, 2.24) is 4.90 Å². The summed E-state index contributed by atoms with van der Waals surface area (Å²) in [4.78, 5) is 13.2. The Balaban J connectivity index is 1.93. The zero-order chi connectivity index (χ0) is 8.97. The van der Waals surface area contributed by atoms with Gasteiger partial charge in [0, 0.05) is 25.2 Å². The molecule has 1 fully saturated rings. The number of ether oxygens (including phenoxy) is 1.